The molecule has 2 aromatic carbocycles. The van der Waals surface area contributed by atoms with E-state index in [1.165, 1.54) is 5.56 Å². The number of carbonyl (C=O) groups excluding carboxylic acids is 2. The van der Waals surface area contributed by atoms with Gasteiger partial charge in [-0.05, 0) is 56.4 Å². The quantitative estimate of drug-likeness (QED) is 0.430. The smallest absolute Gasteiger partial charge is 0.243 e. The molecule has 0 radical (unpaired) electrons. The van der Waals surface area contributed by atoms with E-state index in [1.807, 2.05) is 62.4 Å². The van der Waals surface area contributed by atoms with Crippen LogP contribution in [-0.4, -0.2) is 35.4 Å². The van der Waals surface area contributed by atoms with Gasteiger partial charge in [-0.15, -0.1) is 0 Å². The van der Waals surface area contributed by atoms with E-state index in [1.54, 1.807) is 4.90 Å². The van der Waals surface area contributed by atoms with Gasteiger partial charge in [0.05, 0.1) is 6.61 Å². The van der Waals surface area contributed by atoms with Gasteiger partial charge in [-0.1, -0.05) is 67.3 Å². The summed E-state index contributed by atoms with van der Waals surface area (Å²) in [5, 5.41) is 3.77. The first-order valence-electron chi connectivity index (χ1n) is 12.0. The molecular weight excluding hydrogens is 436 g/mol. The van der Waals surface area contributed by atoms with Gasteiger partial charge >= 0.3 is 0 Å². The minimum atomic E-state index is -0.521. The van der Waals surface area contributed by atoms with Crippen molar-refractivity contribution in [3.05, 3.63) is 64.7 Å². The Morgan fingerprint density at radius 3 is 2.48 bits per heavy atom. The number of nitrogens with zero attached hydrogens (tertiary/aromatic N) is 1. The zero-order chi connectivity index (χ0) is 23.6. The van der Waals surface area contributed by atoms with Crippen LogP contribution in [0.3, 0.4) is 0 Å². The van der Waals surface area contributed by atoms with Crippen molar-refractivity contribution in [2.24, 2.45) is 0 Å². The van der Waals surface area contributed by atoms with E-state index in [4.69, 9.17) is 16.3 Å². The Morgan fingerprint density at radius 1 is 1.12 bits per heavy atom. The van der Waals surface area contributed by atoms with E-state index < -0.39 is 6.04 Å². The average Bonchev–Trinajstić information content (AvgIpc) is 3.32. The second-order valence-corrected chi connectivity index (χ2v) is 9.20. The van der Waals surface area contributed by atoms with Crippen molar-refractivity contribution in [3.8, 4) is 5.75 Å². The molecule has 2 amide bonds. The summed E-state index contributed by atoms with van der Waals surface area (Å²) in [7, 11) is 0. The third-order valence-electron chi connectivity index (χ3n) is 6.21. The highest BCUT2D eigenvalue weighted by atomic mass is 35.5. The number of hydrogen-bond donors (Lipinski definition) is 1. The van der Waals surface area contributed by atoms with Crippen molar-refractivity contribution in [2.75, 3.05) is 6.61 Å². The lowest BCUT2D eigenvalue weighted by atomic mass is 10.1. The monoisotopic (exact) mass is 470 g/mol. The zero-order valence-electron chi connectivity index (χ0n) is 19.7. The number of halogens is 1. The maximum Gasteiger partial charge on any atom is 0.243 e. The summed E-state index contributed by atoms with van der Waals surface area (Å²) in [6.45, 7) is 4.74. The van der Waals surface area contributed by atoms with Crippen molar-refractivity contribution in [2.45, 2.75) is 77.4 Å². The number of ether oxygens (including phenoxy) is 1. The van der Waals surface area contributed by atoms with Gasteiger partial charge in [0.25, 0.3) is 0 Å². The van der Waals surface area contributed by atoms with Crippen molar-refractivity contribution in [1.82, 2.24) is 10.2 Å². The lowest BCUT2D eigenvalue weighted by Gasteiger charge is -2.32. The molecule has 0 saturated heterocycles. The SMILES string of the molecule is CCC(C(=O)NC1CCCC1)N(Cc1ccccc1Cl)C(=O)CCCOc1ccc(C)cc1. The van der Waals surface area contributed by atoms with Crippen LogP contribution >= 0.6 is 11.6 Å². The van der Waals surface area contributed by atoms with Crippen LogP contribution in [0, 0.1) is 6.92 Å². The average molecular weight is 471 g/mol. The Balaban J connectivity index is 1.65. The third-order valence-corrected chi connectivity index (χ3v) is 6.58. The summed E-state index contributed by atoms with van der Waals surface area (Å²) >= 11 is 6.39. The molecule has 178 valence electrons. The Hall–Kier alpha value is -2.53. The standard InChI is InChI=1S/C27H35ClN2O3/c1-3-25(27(32)29-22-10-5-6-11-22)30(19-21-9-4-7-12-24(21)28)26(31)13-8-18-33-23-16-14-20(2)15-17-23/h4,7,9,12,14-17,22,25H,3,5-6,8,10-11,13,18-19H2,1-2H3,(H,29,32). The molecule has 1 aliphatic rings. The van der Waals surface area contributed by atoms with Gasteiger partial charge in [-0.2, -0.15) is 0 Å². The van der Waals surface area contributed by atoms with Gasteiger partial charge in [0.1, 0.15) is 11.8 Å². The van der Waals surface area contributed by atoms with Gasteiger partial charge in [-0.25, -0.2) is 0 Å². The summed E-state index contributed by atoms with van der Waals surface area (Å²) in [6, 6.07) is 15.0. The summed E-state index contributed by atoms with van der Waals surface area (Å²) in [6.07, 6.45) is 5.74. The Bertz CT molecular complexity index is 910. The number of aryl methyl sites for hydroxylation is 1. The molecular formula is C27H35ClN2O3. The number of amides is 2. The van der Waals surface area contributed by atoms with Crippen LogP contribution in [0.25, 0.3) is 0 Å². The second-order valence-electron chi connectivity index (χ2n) is 8.79. The molecule has 1 unspecified atom stereocenters. The van der Waals surface area contributed by atoms with Crippen LogP contribution in [0.4, 0.5) is 0 Å². The molecule has 6 heteroatoms. The van der Waals surface area contributed by atoms with Gasteiger partial charge in [0.2, 0.25) is 11.8 Å². The topological polar surface area (TPSA) is 58.6 Å². The van der Waals surface area contributed by atoms with Crippen LogP contribution in [0.1, 0.15) is 63.0 Å². The molecule has 0 bridgehead atoms. The molecule has 1 fully saturated rings. The maximum atomic E-state index is 13.3. The lowest BCUT2D eigenvalue weighted by molar-refractivity contribution is -0.141. The highest BCUT2D eigenvalue weighted by Crippen LogP contribution is 2.22. The minimum Gasteiger partial charge on any atom is -0.494 e. The largest absolute Gasteiger partial charge is 0.494 e. The summed E-state index contributed by atoms with van der Waals surface area (Å²) in [4.78, 5) is 28.1. The van der Waals surface area contributed by atoms with E-state index in [-0.39, 0.29) is 17.9 Å². The van der Waals surface area contributed by atoms with Crippen molar-refractivity contribution >= 4 is 23.4 Å². The van der Waals surface area contributed by atoms with E-state index in [9.17, 15) is 9.59 Å². The first-order chi connectivity index (χ1) is 16.0. The highest BCUT2D eigenvalue weighted by molar-refractivity contribution is 6.31. The van der Waals surface area contributed by atoms with Gasteiger partial charge in [0, 0.05) is 24.0 Å². The van der Waals surface area contributed by atoms with Gasteiger partial charge < -0.3 is 15.0 Å². The predicted molar refractivity (Wildman–Crippen MR) is 132 cm³/mol. The minimum absolute atomic E-state index is 0.0594. The van der Waals surface area contributed by atoms with Crippen LogP contribution in [-0.2, 0) is 16.1 Å². The van der Waals surface area contributed by atoms with Crippen LogP contribution < -0.4 is 10.1 Å². The summed E-state index contributed by atoms with van der Waals surface area (Å²) < 4.78 is 5.78. The van der Waals surface area contributed by atoms with E-state index >= 15 is 0 Å². The van der Waals surface area contributed by atoms with Crippen LogP contribution in [0.15, 0.2) is 48.5 Å². The first-order valence-corrected chi connectivity index (χ1v) is 12.4. The fraction of sp³-hybridized carbons (Fsp3) is 0.481. The Morgan fingerprint density at radius 2 is 1.82 bits per heavy atom. The molecule has 0 aromatic heterocycles. The fourth-order valence-electron chi connectivity index (χ4n) is 4.29. The number of nitrogens with one attached hydrogen (secondary N) is 1. The fourth-order valence-corrected chi connectivity index (χ4v) is 4.48. The molecule has 33 heavy (non-hydrogen) atoms. The van der Waals surface area contributed by atoms with E-state index in [0.29, 0.717) is 37.4 Å². The molecule has 0 heterocycles. The molecule has 0 aliphatic heterocycles. The molecule has 1 atom stereocenters. The Kier molecular flexibility index (Phi) is 9.61. The molecule has 1 N–H and O–H groups in total. The normalized spacial score (nSPS) is 14.6. The number of hydrogen-bond acceptors (Lipinski definition) is 3. The van der Waals surface area contributed by atoms with E-state index in [0.717, 1.165) is 37.0 Å². The summed E-state index contributed by atoms with van der Waals surface area (Å²) in [5.74, 6) is 0.667. The number of rotatable bonds is 11. The van der Waals surface area contributed by atoms with Crippen molar-refractivity contribution in [1.29, 1.82) is 0 Å². The number of benzene rings is 2. The Labute approximate surface area is 202 Å². The third kappa shape index (κ3) is 7.50. The predicted octanol–water partition coefficient (Wildman–Crippen LogP) is 5.67. The molecule has 1 aliphatic carbocycles. The van der Waals surface area contributed by atoms with Crippen molar-refractivity contribution < 1.29 is 14.3 Å². The lowest BCUT2D eigenvalue weighted by Crippen LogP contribution is -2.51. The second kappa shape index (κ2) is 12.6. The van der Waals surface area contributed by atoms with Crippen molar-refractivity contribution in [3.63, 3.8) is 0 Å². The molecule has 3 rings (SSSR count). The molecule has 0 spiro atoms. The molecule has 2 aromatic rings. The summed E-state index contributed by atoms with van der Waals surface area (Å²) in [5.41, 5.74) is 2.02. The molecule has 5 nitrogen and oxygen atoms in total. The van der Waals surface area contributed by atoms with Gasteiger partial charge in [-0.3, -0.25) is 9.59 Å². The zero-order valence-corrected chi connectivity index (χ0v) is 20.4. The molecule has 1 saturated carbocycles. The number of carbonyl (C=O) groups is 2. The van der Waals surface area contributed by atoms with E-state index in [2.05, 4.69) is 5.32 Å². The van der Waals surface area contributed by atoms with Gasteiger partial charge in [0.15, 0.2) is 0 Å². The maximum absolute atomic E-state index is 13.3. The first kappa shape index (κ1) is 25.1. The van der Waals surface area contributed by atoms with Crippen LogP contribution in [0.2, 0.25) is 5.02 Å². The highest BCUT2D eigenvalue weighted by Gasteiger charge is 2.30. The van der Waals surface area contributed by atoms with Crippen LogP contribution in [0.5, 0.6) is 5.75 Å².